The van der Waals surface area contributed by atoms with Crippen molar-refractivity contribution in [3.63, 3.8) is 0 Å². The Bertz CT molecular complexity index is 169. The number of ether oxygens (including phenoxy) is 1. The molecule has 0 bridgehead atoms. The van der Waals surface area contributed by atoms with E-state index >= 15 is 0 Å². The molecule has 0 aliphatic carbocycles. The number of methoxy groups -OCH3 is 1. The predicted octanol–water partition coefficient (Wildman–Crippen LogP) is -0.117. The fourth-order valence-corrected chi connectivity index (χ4v) is 0.478. The third kappa shape index (κ3) is 2.45. The maximum atomic E-state index is 10.7. The van der Waals surface area contributed by atoms with Gasteiger partial charge in [-0.3, -0.25) is 15.4 Å². The van der Waals surface area contributed by atoms with Crippen molar-refractivity contribution in [1.82, 2.24) is 10.6 Å². The second kappa shape index (κ2) is 3.80. The van der Waals surface area contributed by atoms with Gasteiger partial charge in [-0.05, 0) is 6.92 Å². The van der Waals surface area contributed by atoms with Crippen molar-refractivity contribution in [3.05, 3.63) is 0 Å². The summed E-state index contributed by atoms with van der Waals surface area (Å²) in [6.07, 6.45) is -0.613. The van der Waals surface area contributed by atoms with Crippen molar-refractivity contribution in [2.45, 2.75) is 13.0 Å². The van der Waals surface area contributed by atoms with E-state index in [4.69, 9.17) is 5.73 Å². The number of nitrogens with one attached hydrogen (secondary N) is 1. The molecule has 0 aliphatic heterocycles. The zero-order valence-corrected chi connectivity index (χ0v) is 6.75. The molecule has 5 heteroatoms. The van der Waals surface area contributed by atoms with Crippen LogP contribution < -0.4 is 5.73 Å². The van der Waals surface area contributed by atoms with E-state index < -0.39 is 18.0 Å². The van der Waals surface area contributed by atoms with E-state index in [1.807, 2.05) is 0 Å². The van der Waals surface area contributed by atoms with Gasteiger partial charge in [-0.1, -0.05) is 0 Å². The molecule has 0 aromatic heterocycles. The molecule has 63 valence electrons. The first-order chi connectivity index (χ1) is 5.00. The molecule has 1 unspecified atom stereocenters. The topological polar surface area (TPSA) is 70.4 Å². The molecule has 2 amide bonds. The molecule has 0 rings (SSSR count). The molecular formula is C6H11N2O3. The number of carbonyl (C=O) groups excluding carboxylic acids is 2. The summed E-state index contributed by atoms with van der Waals surface area (Å²) in [7, 11) is 2.63. The highest BCUT2D eigenvalue weighted by Gasteiger charge is 2.20. The van der Waals surface area contributed by atoms with Crippen LogP contribution in [0.3, 0.4) is 0 Å². The van der Waals surface area contributed by atoms with E-state index in [0.717, 1.165) is 4.90 Å². The van der Waals surface area contributed by atoms with Gasteiger partial charge in [0.1, 0.15) is 6.04 Å². The summed E-state index contributed by atoms with van der Waals surface area (Å²) in [5, 5.41) is 0. The molecule has 0 aromatic rings. The van der Waals surface area contributed by atoms with E-state index in [-0.39, 0.29) is 0 Å². The predicted molar refractivity (Wildman–Crippen MR) is 37.7 cm³/mol. The molecular weight excluding hydrogens is 148 g/mol. The SMILES string of the molecule is COC(=O)N(C)C(C)C([NH])=O. The summed E-state index contributed by atoms with van der Waals surface area (Å²) in [5.41, 5.74) is 6.69. The maximum Gasteiger partial charge on any atom is 0.409 e. The molecule has 0 heterocycles. The molecule has 0 aromatic carbocycles. The smallest absolute Gasteiger partial charge is 0.409 e. The van der Waals surface area contributed by atoms with Gasteiger partial charge in [0.15, 0.2) is 0 Å². The highest BCUT2D eigenvalue weighted by molar-refractivity contribution is 5.83. The minimum absolute atomic E-state index is 0.613. The van der Waals surface area contributed by atoms with Crippen molar-refractivity contribution in [2.75, 3.05) is 14.2 Å². The molecule has 1 radical (unpaired) electrons. The Hall–Kier alpha value is -1.26. The monoisotopic (exact) mass is 159 g/mol. The minimum atomic E-state index is -0.807. The van der Waals surface area contributed by atoms with E-state index in [0.29, 0.717) is 0 Å². The average molecular weight is 159 g/mol. The third-order valence-electron chi connectivity index (χ3n) is 1.42. The van der Waals surface area contributed by atoms with Gasteiger partial charge >= 0.3 is 6.09 Å². The first-order valence-electron chi connectivity index (χ1n) is 3.07. The van der Waals surface area contributed by atoms with Crippen LogP contribution in [0.4, 0.5) is 4.79 Å². The molecule has 0 saturated heterocycles. The Kier molecular flexibility index (Phi) is 3.36. The lowest BCUT2D eigenvalue weighted by atomic mass is 10.3. The van der Waals surface area contributed by atoms with Crippen LogP contribution in [-0.2, 0) is 9.53 Å². The molecule has 0 saturated carbocycles. The van der Waals surface area contributed by atoms with E-state index in [1.165, 1.54) is 21.1 Å². The zero-order valence-electron chi connectivity index (χ0n) is 6.75. The number of rotatable bonds is 2. The Morgan fingerprint density at radius 2 is 2.00 bits per heavy atom. The number of hydrogen-bond acceptors (Lipinski definition) is 3. The summed E-state index contributed by atoms with van der Waals surface area (Å²) in [5.74, 6) is -0.807. The highest BCUT2D eigenvalue weighted by Crippen LogP contribution is 1.96. The van der Waals surface area contributed by atoms with E-state index in [1.54, 1.807) is 0 Å². The van der Waals surface area contributed by atoms with Crippen molar-refractivity contribution < 1.29 is 14.3 Å². The second-order valence-electron chi connectivity index (χ2n) is 2.12. The largest absolute Gasteiger partial charge is 0.453 e. The van der Waals surface area contributed by atoms with Crippen LogP contribution in [0.25, 0.3) is 0 Å². The standard InChI is InChI=1S/C6H11N2O3/c1-4(5(7)9)8(2)6(10)11-3/h4,7H,1-3H3. The molecule has 0 aliphatic rings. The molecule has 11 heavy (non-hydrogen) atoms. The number of hydrogen-bond donors (Lipinski definition) is 0. The number of likely N-dealkylation sites (N-methyl/N-ethyl adjacent to an activating group) is 1. The lowest BCUT2D eigenvalue weighted by molar-refractivity contribution is -0.122. The first kappa shape index (κ1) is 9.74. The van der Waals surface area contributed by atoms with Gasteiger partial charge in [-0.25, -0.2) is 4.79 Å². The van der Waals surface area contributed by atoms with Crippen LogP contribution >= 0.6 is 0 Å². The van der Waals surface area contributed by atoms with Crippen molar-refractivity contribution in [1.29, 1.82) is 0 Å². The Morgan fingerprint density at radius 3 is 2.27 bits per heavy atom. The van der Waals surface area contributed by atoms with Crippen molar-refractivity contribution in [2.24, 2.45) is 0 Å². The summed E-state index contributed by atoms with van der Waals surface area (Å²) in [6.45, 7) is 1.46. The fourth-order valence-electron chi connectivity index (χ4n) is 0.478. The number of nitrogens with zero attached hydrogens (tertiary/aromatic N) is 1. The van der Waals surface area contributed by atoms with Gasteiger partial charge < -0.3 is 4.74 Å². The number of carbonyl (C=O) groups is 2. The molecule has 1 N–H and O–H groups in total. The quantitative estimate of drug-likeness (QED) is 0.564. The van der Waals surface area contributed by atoms with Crippen LogP contribution in [0.5, 0.6) is 0 Å². The molecule has 0 fully saturated rings. The van der Waals surface area contributed by atoms with Gasteiger partial charge in [-0.2, -0.15) is 0 Å². The van der Waals surface area contributed by atoms with Crippen molar-refractivity contribution in [3.8, 4) is 0 Å². The number of amides is 2. The van der Waals surface area contributed by atoms with Crippen LogP contribution in [0.15, 0.2) is 0 Å². The summed E-state index contributed by atoms with van der Waals surface area (Å²) >= 11 is 0. The lowest BCUT2D eigenvalue weighted by Gasteiger charge is -2.19. The highest BCUT2D eigenvalue weighted by atomic mass is 16.5. The van der Waals surface area contributed by atoms with Crippen LogP contribution in [-0.4, -0.2) is 37.1 Å². The molecule has 5 nitrogen and oxygen atoms in total. The normalized spacial score (nSPS) is 11.9. The average Bonchev–Trinajstić information content (AvgIpc) is 2.00. The fraction of sp³-hybridized carbons (Fsp3) is 0.667. The molecule has 1 atom stereocenters. The Labute approximate surface area is 65.1 Å². The van der Waals surface area contributed by atoms with Crippen LogP contribution in [0, 0.1) is 0 Å². The van der Waals surface area contributed by atoms with Crippen LogP contribution in [0.1, 0.15) is 6.92 Å². The summed E-state index contributed by atoms with van der Waals surface area (Å²) < 4.78 is 4.33. The van der Waals surface area contributed by atoms with Gasteiger partial charge in [0.25, 0.3) is 5.91 Å². The summed E-state index contributed by atoms with van der Waals surface area (Å²) in [6, 6.07) is -0.748. The minimum Gasteiger partial charge on any atom is -0.453 e. The van der Waals surface area contributed by atoms with Gasteiger partial charge in [0.05, 0.1) is 7.11 Å². The Balaban J connectivity index is 4.12. The first-order valence-corrected chi connectivity index (χ1v) is 3.07. The molecule has 0 spiro atoms. The van der Waals surface area contributed by atoms with Crippen LogP contribution in [0.2, 0.25) is 0 Å². The van der Waals surface area contributed by atoms with Gasteiger partial charge in [0.2, 0.25) is 0 Å². The summed E-state index contributed by atoms with van der Waals surface area (Å²) in [4.78, 5) is 22.2. The van der Waals surface area contributed by atoms with E-state index in [9.17, 15) is 9.59 Å². The van der Waals surface area contributed by atoms with E-state index in [2.05, 4.69) is 4.74 Å². The maximum absolute atomic E-state index is 10.7. The van der Waals surface area contributed by atoms with Gasteiger partial charge in [0, 0.05) is 7.05 Å². The Morgan fingerprint density at radius 1 is 1.55 bits per heavy atom. The zero-order chi connectivity index (χ0) is 9.02. The third-order valence-corrected chi connectivity index (χ3v) is 1.42. The van der Waals surface area contributed by atoms with Crippen molar-refractivity contribution >= 4 is 12.0 Å². The van der Waals surface area contributed by atoms with Gasteiger partial charge in [-0.15, -0.1) is 0 Å². The lowest BCUT2D eigenvalue weighted by Crippen LogP contribution is -2.40. The second-order valence-corrected chi connectivity index (χ2v) is 2.12.